The van der Waals surface area contributed by atoms with Gasteiger partial charge in [-0.1, -0.05) is 0 Å². The third-order valence-electron chi connectivity index (χ3n) is 3.61. The Morgan fingerprint density at radius 2 is 2.22 bits per heavy atom. The average Bonchev–Trinajstić information content (AvgIpc) is 3.15. The van der Waals surface area contributed by atoms with Crippen molar-refractivity contribution in [1.29, 1.82) is 0 Å². The monoisotopic (exact) mass is 346 g/mol. The van der Waals surface area contributed by atoms with Gasteiger partial charge in [0.05, 0.1) is 10.3 Å². The molecule has 0 aliphatic heterocycles. The summed E-state index contributed by atoms with van der Waals surface area (Å²) in [5.41, 5.74) is 2.10. The molecule has 3 rings (SSSR count). The molecule has 3 heterocycles. The number of rotatable bonds is 5. The Balaban J connectivity index is 1.94. The molecule has 0 radical (unpaired) electrons. The summed E-state index contributed by atoms with van der Waals surface area (Å²) in [5, 5.41) is 8.28. The van der Waals surface area contributed by atoms with Crippen molar-refractivity contribution >= 4 is 44.6 Å². The summed E-state index contributed by atoms with van der Waals surface area (Å²) in [4.78, 5) is 24.8. The number of hydrogen-bond acceptors (Lipinski definition) is 6. The molecule has 0 aromatic carbocycles. The van der Waals surface area contributed by atoms with Crippen molar-refractivity contribution in [2.45, 2.75) is 20.4 Å². The fraction of sp³-hybridized carbons (Fsp3) is 0.312. The highest BCUT2D eigenvalue weighted by Crippen LogP contribution is 2.34. The zero-order valence-electron chi connectivity index (χ0n) is 13.3. The van der Waals surface area contributed by atoms with Gasteiger partial charge in [-0.25, -0.2) is 9.97 Å². The Kier molecular flexibility index (Phi) is 4.58. The zero-order valence-corrected chi connectivity index (χ0v) is 14.9. The van der Waals surface area contributed by atoms with E-state index in [-0.39, 0.29) is 5.91 Å². The van der Waals surface area contributed by atoms with E-state index >= 15 is 0 Å². The minimum Gasteiger partial charge on any atom is -0.370 e. The first-order valence-corrected chi connectivity index (χ1v) is 9.12. The average molecular weight is 346 g/mol. The van der Waals surface area contributed by atoms with Crippen LogP contribution >= 0.6 is 22.7 Å². The Morgan fingerprint density at radius 3 is 2.91 bits per heavy atom. The predicted molar refractivity (Wildman–Crippen MR) is 96.4 cm³/mol. The molecule has 120 valence electrons. The number of hydrogen-bond donors (Lipinski definition) is 1. The van der Waals surface area contributed by atoms with Crippen LogP contribution in [0.15, 0.2) is 23.2 Å². The first kappa shape index (κ1) is 15.9. The molecule has 0 aliphatic rings. The summed E-state index contributed by atoms with van der Waals surface area (Å²) in [6.45, 7) is 5.38. The third kappa shape index (κ3) is 3.07. The summed E-state index contributed by atoms with van der Waals surface area (Å²) < 4.78 is 0. The fourth-order valence-corrected chi connectivity index (χ4v) is 4.28. The molecule has 7 heteroatoms. The number of aryl methyl sites for hydroxylation is 1. The maximum Gasteiger partial charge on any atom is 0.264 e. The Bertz CT molecular complexity index is 826. The van der Waals surface area contributed by atoms with Gasteiger partial charge in [-0.15, -0.1) is 11.3 Å². The largest absolute Gasteiger partial charge is 0.370 e. The molecular weight excluding hydrogens is 328 g/mol. The molecule has 0 unspecified atom stereocenters. The highest BCUT2D eigenvalue weighted by atomic mass is 32.1. The number of carbonyl (C=O) groups is 1. The number of thiophene rings is 2. The van der Waals surface area contributed by atoms with Crippen molar-refractivity contribution in [3.8, 4) is 0 Å². The number of aromatic nitrogens is 2. The summed E-state index contributed by atoms with van der Waals surface area (Å²) in [7, 11) is 1.83. The van der Waals surface area contributed by atoms with Gasteiger partial charge in [0.15, 0.2) is 0 Å². The fourth-order valence-electron chi connectivity index (χ4n) is 2.48. The molecule has 0 saturated heterocycles. The van der Waals surface area contributed by atoms with Crippen LogP contribution in [0.25, 0.3) is 10.2 Å². The van der Waals surface area contributed by atoms with Crippen LogP contribution in [-0.4, -0.2) is 34.4 Å². The smallest absolute Gasteiger partial charge is 0.264 e. The lowest BCUT2D eigenvalue weighted by Crippen LogP contribution is -2.25. The molecule has 0 spiro atoms. The highest BCUT2D eigenvalue weighted by Gasteiger charge is 2.21. The van der Waals surface area contributed by atoms with E-state index in [9.17, 15) is 4.79 Å². The van der Waals surface area contributed by atoms with E-state index in [1.165, 1.54) is 11.3 Å². The second-order valence-electron chi connectivity index (χ2n) is 5.28. The lowest BCUT2D eigenvalue weighted by atomic mass is 10.2. The second-order valence-corrected chi connectivity index (χ2v) is 7.06. The van der Waals surface area contributed by atoms with Crippen molar-refractivity contribution in [1.82, 2.24) is 14.9 Å². The molecule has 0 fully saturated rings. The molecule has 1 N–H and O–H groups in total. The zero-order chi connectivity index (χ0) is 16.4. The second kappa shape index (κ2) is 6.64. The molecule has 0 atom stereocenters. The summed E-state index contributed by atoms with van der Waals surface area (Å²) in [6.07, 6.45) is 1.54. The van der Waals surface area contributed by atoms with Crippen molar-refractivity contribution < 1.29 is 4.79 Å². The van der Waals surface area contributed by atoms with Crippen LogP contribution in [0.1, 0.15) is 27.7 Å². The number of fused-ring (bicyclic) bond motifs is 1. The van der Waals surface area contributed by atoms with E-state index in [1.54, 1.807) is 22.6 Å². The van der Waals surface area contributed by atoms with Crippen LogP contribution in [0.3, 0.4) is 0 Å². The number of nitrogens with one attached hydrogen (secondary N) is 1. The molecule has 3 aromatic heterocycles. The maximum atomic E-state index is 12.8. The molecule has 5 nitrogen and oxygen atoms in total. The predicted octanol–water partition coefficient (Wildman–Crippen LogP) is 3.77. The van der Waals surface area contributed by atoms with Crippen molar-refractivity contribution in [2.24, 2.45) is 0 Å². The van der Waals surface area contributed by atoms with Gasteiger partial charge in [0.2, 0.25) is 0 Å². The van der Waals surface area contributed by atoms with Gasteiger partial charge in [-0.05, 0) is 41.8 Å². The summed E-state index contributed by atoms with van der Waals surface area (Å²) in [6, 6.07) is 2.04. The SMILES string of the molecule is CCNc1ncnc2sc(C(=O)N(C)Cc3ccsc3)c(C)c12. The van der Waals surface area contributed by atoms with E-state index in [4.69, 9.17) is 0 Å². The minimum atomic E-state index is 0.0270. The third-order valence-corrected chi connectivity index (χ3v) is 5.53. The first-order valence-electron chi connectivity index (χ1n) is 7.36. The summed E-state index contributed by atoms with van der Waals surface area (Å²) in [5.74, 6) is 0.824. The molecule has 0 saturated carbocycles. The van der Waals surface area contributed by atoms with Crippen LogP contribution in [-0.2, 0) is 6.54 Å². The van der Waals surface area contributed by atoms with Crippen LogP contribution in [0, 0.1) is 6.92 Å². The number of carbonyl (C=O) groups excluding carboxylic acids is 1. The van der Waals surface area contributed by atoms with Crippen LogP contribution < -0.4 is 5.32 Å². The number of amides is 1. The summed E-state index contributed by atoms with van der Waals surface area (Å²) >= 11 is 3.07. The van der Waals surface area contributed by atoms with Gasteiger partial charge >= 0.3 is 0 Å². The quantitative estimate of drug-likeness (QED) is 0.764. The van der Waals surface area contributed by atoms with Gasteiger partial charge < -0.3 is 10.2 Å². The molecule has 0 bridgehead atoms. The van der Waals surface area contributed by atoms with Gasteiger partial charge in [0, 0.05) is 20.1 Å². The van der Waals surface area contributed by atoms with E-state index in [0.29, 0.717) is 6.54 Å². The number of nitrogens with zero attached hydrogens (tertiary/aromatic N) is 3. The topological polar surface area (TPSA) is 58.1 Å². The first-order chi connectivity index (χ1) is 11.1. The van der Waals surface area contributed by atoms with E-state index in [2.05, 4.69) is 20.7 Å². The normalized spacial score (nSPS) is 10.9. The van der Waals surface area contributed by atoms with Crippen molar-refractivity contribution in [3.63, 3.8) is 0 Å². The van der Waals surface area contributed by atoms with E-state index in [1.807, 2.05) is 32.3 Å². The minimum absolute atomic E-state index is 0.0270. The molecule has 23 heavy (non-hydrogen) atoms. The molecule has 0 aliphatic carbocycles. The molecule has 3 aromatic rings. The van der Waals surface area contributed by atoms with Gasteiger partial charge in [0.25, 0.3) is 5.91 Å². The van der Waals surface area contributed by atoms with Gasteiger partial charge in [0.1, 0.15) is 17.0 Å². The molecular formula is C16H18N4OS2. The standard InChI is InChI=1S/C16H18N4OS2/c1-4-17-14-12-10(2)13(23-15(12)19-9-18-14)16(21)20(3)7-11-5-6-22-8-11/h5-6,8-9H,4,7H2,1-3H3,(H,17,18,19). The van der Waals surface area contributed by atoms with E-state index in [0.717, 1.165) is 38.6 Å². The lowest BCUT2D eigenvalue weighted by Gasteiger charge is -2.16. The van der Waals surface area contributed by atoms with Crippen LogP contribution in [0.4, 0.5) is 5.82 Å². The van der Waals surface area contributed by atoms with Crippen molar-refractivity contribution in [3.05, 3.63) is 39.2 Å². The molecule has 1 amide bonds. The highest BCUT2D eigenvalue weighted by molar-refractivity contribution is 7.20. The van der Waals surface area contributed by atoms with Crippen LogP contribution in [0.5, 0.6) is 0 Å². The van der Waals surface area contributed by atoms with E-state index < -0.39 is 0 Å². The maximum absolute atomic E-state index is 12.8. The van der Waals surface area contributed by atoms with Crippen LogP contribution in [0.2, 0.25) is 0 Å². The Hall–Kier alpha value is -1.99. The lowest BCUT2D eigenvalue weighted by molar-refractivity contribution is 0.0789. The van der Waals surface area contributed by atoms with Gasteiger partial charge in [-0.3, -0.25) is 4.79 Å². The van der Waals surface area contributed by atoms with Gasteiger partial charge in [-0.2, -0.15) is 11.3 Å². The van der Waals surface area contributed by atoms with Crippen molar-refractivity contribution in [2.75, 3.05) is 18.9 Å². The number of anilines is 1. The Labute approximate surface area is 143 Å². The Morgan fingerprint density at radius 1 is 1.39 bits per heavy atom.